The molecule has 0 fully saturated rings. The van der Waals surface area contributed by atoms with Gasteiger partial charge in [0.1, 0.15) is 0 Å². The normalized spacial score (nSPS) is 10.3. The minimum Gasteiger partial charge on any atom is -0.396 e. The van der Waals surface area contributed by atoms with E-state index >= 15 is 0 Å². The molecule has 0 spiro atoms. The van der Waals surface area contributed by atoms with Crippen molar-refractivity contribution in [3.05, 3.63) is 45.2 Å². The monoisotopic (exact) mass is 282 g/mol. The number of nitro benzene ring substituents is 1. The van der Waals surface area contributed by atoms with Gasteiger partial charge < -0.3 is 5.73 Å². The van der Waals surface area contributed by atoms with Crippen LogP contribution in [0, 0.1) is 10.1 Å². The number of nitrogen functional groups attached to an aromatic ring is 1. The third-order valence-corrected chi connectivity index (χ3v) is 2.71. The van der Waals surface area contributed by atoms with E-state index in [2.05, 4.69) is 21.0 Å². The Bertz CT molecular complexity index is 539. The predicted octanol–water partition coefficient (Wildman–Crippen LogP) is 2.13. The van der Waals surface area contributed by atoms with Crippen molar-refractivity contribution in [1.82, 2.24) is 9.78 Å². The maximum absolute atomic E-state index is 10.7. The molecule has 0 atom stereocenters. The number of nitrogens with two attached hydrogens (primary N) is 1. The predicted molar refractivity (Wildman–Crippen MR) is 62.3 cm³/mol. The lowest BCUT2D eigenvalue weighted by Gasteiger charge is -2.07. The second kappa shape index (κ2) is 3.93. The smallest absolute Gasteiger partial charge is 0.272 e. The first-order chi connectivity index (χ1) is 7.59. The van der Waals surface area contributed by atoms with Gasteiger partial charge in [-0.3, -0.25) is 10.1 Å². The molecule has 1 heterocycles. The molecule has 0 aliphatic heterocycles. The number of hydrogen-bond donors (Lipinski definition) is 1. The van der Waals surface area contributed by atoms with E-state index in [1.54, 1.807) is 18.5 Å². The van der Waals surface area contributed by atoms with Crippen LogP contribution in [-0.4, -0.2) is 14.7 Å². The lowest BCUT2D eigenvalue weighted by Crippen LogP contribution is -2.02. The highest BCUT2D eigenvalue weighted by Gasteiger charge is 2.14. The maximum atomic E-state index is 10.7. The number of non-ortho nitro benzene ring substituents is 1. The van der Waals surface area contributed by atoms with Gasteiger partial charge in [0.25, 0.3) is 5.69 Å². The SMILES string of the molecule is Nc1c(Br)cc([N+](=O)[O-])cc1-n1cccn1. The van der Waals surface area contributed by atoms with Crippen LogP contribution in [-0.2, 0) is 0 Å². The average Bonchev–Trinajstić information content (AvgIpc) is 2.74. The van der Waals surface area contributed by atoms with Crippen molar-refractivity contribution in [3.63, 3.8) is 0 Å². The maximum Gasteiger partial charge on any atom is 0.272 e. The number of anilines is 1. The summed E-state index contributed by atoms with van der Waals surface area (Å²) in [4.78, 5) is 10.2. The van der Waals surface area contributed by atoms with Gasteiger partial charge in [-0.1, -0.05) is 0 Å². The summed E-state index contributed by atoms with van der Waals surface area (Å²) in [7, 11) is 0. The summed E-state index contributed by atoms with van der Waals surface area (Å²) >= 11 is 3.18. The molecule has 82 valence electrons. The van der Waals surface area contributed by atoms with E-state index in [4.69, 9.17) is 5.73 Å². The summed E-state index contributed by atoms with van der Waals surface area (Å²) < 4.78 is 1.96. The molecule has 0 saturated carbocycles. The van der Waals surface area contributed by atoms with E-state index in [0.29, 0.717) is 15.8 Å². The number of nitro groups is 1. The molecule has 0 aliphatic carbocycles. The summed E-state index contributed by atoms with van der Waals surface area (Å²) in [6.07, 6.45) is 3.24. The molecule has 0 aliphatic rings. The quantitative estimate of drug-likeness (QED) is 0.519. The lowest BCUT2D eigenvalue weighted by atomic mass is 10.2. The fourth-order valence-corrected chi connectivity index (χ4v) is 1.73. The number of nitrogens with zero attached hydrogens (tertiary/aromatic N) is 3. The first kappa shape index (κ1) is 10.6. The largest absolute Gasteiger partial charge is 0.396 e. The molecule has 1 aromatic heterocycles. The Kier molecular flexibility index (Phi) is 2.61. The van der Waals surface area contributed by atoms with Crippen molar-refractivity contribution in [2.45, 2.75) is 0 Å². The fraction of sp³-hybridized carbons (Fsp3) is 0. The van der Waals surface area contributed by atoms with Crippen molar-refractivity contribution in [2.24, 2.45) is 0 Å². The van der Waals surface area contributed by atoms with Gasteiger partial charge in [0.2, 0.25) is 0 Å². The third-order valence-electron chi connectivity index (χ3n) is 2.05. The molecule has 0 radical (unpaired) electrons. The van der Waals surface area contributed by atoms with Gasteiger partial charge in [0.15, 0.2) is 0 Å². The van der Waals surface area contributed by atoms with Crippen LogP contribution in [0.3, 0.4) is 0 Å². The summed E-state index contributed by atoms with van der Waals surface area (Å²) in [5.74, 6) is 0. The Morgan fingerprint density at radius 3 is 2.81 bits per heavy atom. The van der Waals surface area contributed by atoms with Gasteiger partial charge in [-0.15, -0.1) is 0 Å². The Morgan fingerprint density at radius 1 is 1.50 bits per heavy atom. The molecule has 0 saturated heterocycles. The highest BCUT2D eigenvalue weighted by Crippen LogP contribution is 2.31. The zero-order valence-electron chi connectivity index (χ0n) is 8.00. The van der Waals surface area contributed by atoms with Crippen molar-refractivity contribution in [1.29, 1.82) is 0 Å². The molecule has 7 heteroatoms. The summed E-state index contributed by atoms with van der Waals surface area (Å²) in [6.45, 7) is 0. The van der Waals surface area contributed by atoms with Gasteiger partial charge in [-0.05, 0) is 22.0 Å². The minimum atomic E-state index is -0.475. The van der Waals surface area contributed by atoms with Crippen molar-refractivity contribution in [3.8, 4) is 5.69 Å². The van der Waals surface area contributed by atoms with Gasteiger partial charge in [0.05, 0.1) is 16.3 Å². The first-order valence-electron chi connectivity index (χ1n) is 4.33. The molecular weight excluding hydrogens is 276 g/mol. The van der Waals surface area contributed by atoms with E-state index in [9.17, 15) is 10.1 Å². The molecule has 6 nitrogen and oxygen atoms in total. The van der Waals surface area contributed by atoms with Crippen molar-refractivity contribution in [2.75, 3.05) is 5.73 Å². The van der Waals surface area contributed by atoms with E-state index in [-0.39, 0.29) is 5.69 Å². The Hall–Kier alpha value is -1.89. The van der Waals surface area contributed by atoms with Crippen LogP contribution in [0.2, 0.25) is 0 Å². The molecule has 2 rings (SSSR count). The molecular formula is C9H7BrN4O2. The van der Waals surface area contributed by atoms with Crippen LogP contribution in [0.15, 0.2) is 35.1 Å². The van der Waals surface area contributed by atoms with E-state index < -0.39 is 4.92 Å². The Balaban J connectivity index is 2.65. The number of hydrogen-bond acceptors (Lipinski definition) is 4. The van der Waals surface area contributed by atoms with Crippen LogP contribution in [0.1, 0.15) is 0 Å². The molecule has 1 aromatic carbocycles. The zero-order valence-corrected chi connectivity index (χ0v) is 9.59. The van der Waals surface area contributed by atoms with Gasteiger partial charge >= 0.3 is 0 Å². The molecule has 16 heavy (non-hydrogen) atoms. The molecule has 0 unspecified atom stereocenters. The number of halogens is 1. The second-order valence-corrected chi connectivity index (χ2v) is 3.92. The summed E-state index contributed by atoms with van der Waals surface area (Å²) in [5.41, 5.74) is 6.67. The Labute approximate surface area is 99.0 Å². The van der Waals surface area contributed by atoms with Crippen molar-refractivity contribution < 1.29 is 4.92 Å². The van der Waals surface area contributed by atoms with E-state index in [1.807, 2.05) is 0 Å². The summed E-state index contributed by atoms with van der Waals surface area (Å²) in [5, 5.41) is 14.7. The van der Waals surface area contributed by atoms with Gasteiger partial charge in [-0.25, -0.2) is 4.68 Å². The molecule has 0 bridgehead atoms. The average molecular weight is 283 g/mol. The van der Waals surface area contributed by atoms with Crippen molar-refractivity contribution >= 4 is 27.3 Å². The highest BCUT2D eigenvalue weighted by molar-refractivity contribution is 9.10. The van der Waals surface area contributed by atoms with Gasteiger partial charge in [0, 0.05) is 29.0 Å². The van der Waals surface area contributed by atoms with E-state index in [0.717, 1.165) is 0 Å². The standard InChI is InChI=1S/C9H7BrN4O2/c10-7-4-6(14(15)16)5-8(9(7)11)13-3-1-2-12-13/h1-5H,11H2. The topological polar surface area (TPSA) is 87.0 Å². The summed E-state index contributed by atoms with van der Waals surface area (Å²) in [6, 6.07) is 4.46. The van der Waals surface area contributed by atoms with Crippen LogP contribution in [0.25, 0.3) is 5.69 Å². The third kappa shape index (κ3) is 1.76. The van der Waals surface area contributed by atoms with Gasteiger partial charge in [-0.2, -0.15) is 5.10 Å². The van der Waals surface area contributed by atoms with Crippen LogP contribution < -0.4 is 5.73 Å². The van der Waals surface area contributed by atoms with Crippen LogP contribution in [0.5, 0.6) is 0 Å². The van der Waals surface area contributed by atoms with E-state index in [1.165, 1.54) is 16.8 Å². The molecule has 0 amide bonds. The molecule has 2 N–H and O–H groups in total. The fourth-order valence-electron chi connectivity index (χ4n) is 1.30. The minimum absolute atomic E-state index is 0.0356. The second-order valence-electron chi connectivity index (χ2n) is 3.07. The van der Waals surface area contributed by atoms with Crippen LogP contribution >= 0.6 is 15.9 Å². The lowest BCUT2D eigenvalue weighted by molar-refractivity contribution is -0.384. The van der Waals surface area contributed by atoms with Crippen LogP contribution in [0.4, 0.5) is 11.4 Å². The number of rotatable bonds is 2. The molecule has 2 aromatic rings. The number of benzene rings is 1. The highest BCUT2D eigenvalue weighted by atomic mass is 79.9. The number of aromatic nitrogens is 2. The first-order valence-corrected chi connectivity index (χ1v) is 5.12. The Morgan fingerprint density at radius 2 is 2.25 bits per heavy atom. The zero-order chi connectivity index (χ0) is 11.7.